The average molecular weight is 307 g/mol. The van der Waals surface area contributed by atoms with E-state index in [9.17, 15) is 14.0 Å². The van der Waals surface area contributed by atoms with Gasteiger partial charge in [-0.05, 0) is 38.1 Å². The Kier molecular flexibility index (Phi) is 4.32. The van der Waals surface area contributed by atoms with Crippen molar-refractivity contribution in [3.8, 4) is 10.6 Å². The molecule has 0 bridgehead atoms. The molecule has 21 heavy (non-hydrogen) atoms. The summed E-state index contributed by atoms with van der Waals surface area (Å²) < 4.78 is 12.9. The van der Waals surface area contributed by atoms with Crippen LogP contribution >= 0.6 is 11.3 Å². The van der Waals surface area contributed by atoms with Crippen molar-refractivity contribution in [2.24, 2.45) is 5.73 Å². The highest BCUT2D eigenvalue weighted by Crippen LogP contribution is 2.28. The summed E-state index contributed by atoms with van der Waals surface area (Å²) in [6.07, 6.45) is 0. The van der Waals surface area contributed by atoms with Gasteiger partial charge in [-0.3, -0.25) is 9.59 Å². The van der Waals surface area contributed by atoms with E-state index < -0.39 is 17.9 Å². The Morgan fingerprint density at radius 1 is 1.33 bits per heavy atom. The van der Waals surface area contributed by atoms with E-state index in [0.29, 0.717) is 15.6 Å². The van der Waals surface area contributed by atoms with Crippen LogP contribution in [0.1, 0.15) is 22.3 Å². The second kappa shape index (κ2) is 6.01. The van der Waals surface area contributed by atoms with Gasteiger partial charge in [-0.15, -0.1) is 11.3 Å². The standard InChI is InChI=1S/C14H14FN3O2S/c1-7-11(13(20)17-8(2)12(16)19)21-14(18-7)9-3-5-10(15)6-4-9/h3-6,8H,1-2H3,(H2,16,19)(H,17,20). The predicted molar refractivity (Wildman–Crippen MR) is 78.4 cm³/mol. The van der Waals surface area contributed by atoms with Crippen LogP contribution in [0.3, 0.4) is 0 Å². The lowest BCUT2D eigenvalue weighted by atomic mass is 10.2. The van der Waals surface area contributed by atoms with Gasteiger partial charge in [0.15, 0.2) is 0 Å². The maximum atomic E-state index is 12.9. The number of nitrogens with two attached hydrogens (primary N) is 1. The first kappa shape index (κ1) is 15.1. The summed E-state index contributed by atoms with van der Waals surface area (Å²) in [4.78, 5) is 27.7. The fourth-order valence-corrected chi connectivity index (χ4v) is 2.63. The largest absolute Gasteiger partial charge is 0.368 e. The first-order chi connectivity index (χ1) is 9.88. The number of thiazole rings is 1. The number of carbonyl (C=O) groups is 2. The molecule has 0 fully saturated rings. The van der Waals surface area contributed by atoms with Gasteiger partial charge in [0.1, 0.15) is 21.7 Å². The Balaban J connectivity index is 2.25. The van der Waals surface area contributed by atoms with E-state index in [4.69, 9.17) is 5.73 Å². The highest BCUT2D eigenvalue weighted by atomic mass is 32.1. The number of rotatable bonds is 4. The summed E-state index contributed by atoms with van der Waals surface area (Å²) in [6, 6.07) is 5.11. The summed E-state index contributed by atoms with van der Waals surface area (Å²) >= 11 is 1.18. The molecule has 110 valence electrons. The molecule has 1 unspecified atom stereocenters. The Morgan fingerprint density at radius 2 is 1.95 bits per heavy atom. The average Bonchev–Trinajstić information content (AvgIpc) is 2.81. The first-order valence-electron chi connectivity index (χ1n) is 6.22. The predicted octanol–water partition coefficient (Wildman–Crippen LogP) is 1.86. The molecule has 0 radical (unpaired) electrons. The molecule has 0 spiro atoms. The van der Waals surface area contributed by atoms with E-state index >= 15 is 0 Å². The van der Waals surface area contributed by atoms with Crippen LogP contribution in [-0.2, 0) is 4.79 Å². The Bertz CT molecular complexity index is 682. The SMILES string of the molecule is Cc1nc(-c2ccc(F)cc2)sc1C(=O)NC(C)C(N)=O. The number of carbonyl (C=O) groups excluding carboxylic acids is 2. The van der Waals surface area contributed by atoms with Crippen molar-refractivity contribution in [3.05, 3.63) is 40.7 Å². The number of amides is 2. The number of aryl methyl sites for hydroxylation is 1. The van der Waals surface area contributed by atoms with Gasteiger partial charge in [-0.1, -0.05) is 0 Å². The van der Waals surface area contributed by atoms with Crippen LogP contribution in [0.2, 0.25) is 0 Å². The van der Waals surface area contributed by atoms with E-state index in [1.807, 2.05) is 0 Å². The number of nitrogens with zero attached hydrogens (tertiary/aromatic N) is 1. The van der Waals surface area contributed by atoms with Crippen LogP contribution in [-0.4, -0.2) is 22.8 Å². The van der Waals surface area contributed by atoms with Gasteiger partial charge in [0.25, 0.3) is 5.91 Å². The monoisotopic (exact) mass is 307 g/mol. The lowest BCUT2D eigenvalue weighted by molar-refractivity contribution is -0.119. The van der Waals surface area contributed by atoms with E-state index in [-0.39, 0.29) is 5.82 Å². The molecule has 5 nitrogen and oxygen atoms in total. The zero-order valence-electron chi connectivity index (χ0n) is 11.5. The zero-order chi connectivity index (χ0) is 15.6. The third-order valence-electron chi connectivity index (χ3n) is 2.87. The van der Waals surface area contributed by atoms with Crippen molar-refractivity contribution < 1.29 is 14.0 Å². The van der Waals surface area contributed by atoms with E-state index in [1.165, 1.54) is 30.4 Å². The molecule has 1 heterocycles. The van der Waals surface area contributed by atoms with Gasteiger partial charge in [-0.2, -0.15) is 0 Å². The minimum absolute atomic E-state index is 0.333. The second-order valence-electron chi connectivity index (χ2n) is 4.54. The molecule has 2 amide bonds. The number of hydrogen-bond donors (Lipinski definition) is 2. The number of aromatic nitrogens is 1. The molecule has 0 aliphatic heterocycles. The summed E-state index contributed by atoms with van der Waals surface area (Å²) in [5, 5.41) is 3.12. The van der Waals surface area contributed by atoms with Crippen molar-refractivity contribution in [1.82, 2.24) is 10.3 Å². The molecule has 1 aromatic heterocycles. The number of hydrogen-bond acceptors (Lipinski definition) is 4. The number of halogens is 1. The summed E-state index contributed by atoms with van der Waals surface area (Å²) in [5.74, 6) is -1.34. The van der Waals surface area contributed by atoms with Crippen LogP contribution in [0.4, 0.5) is 4.39 Å². The van der Waals surface area contributed by atoms with Crippen LogP contribution in [0.15, 0.2) is 24.3 Å². The van der Waals surface area contributed by atoms with E-state index in [1.54, 1.807) is 19.1 Å². The third kappa shape index (κ3) is 3.43. The summed E-state index contributed by atoms with van der Waals surface area (Å²) in [7, 11) is 0. The number of nitrogens with one attached hydrogen (secondary N) is 1. The minimum atomic E-state index is -0.756. The number of benzene rings is 1. The maximum absolute atomic E-state index is 12.9. The van der Waals surface area contributed by atoms with Crippen LogP contribution in [0.5, 0.6) is 0 Å². The molecular formula is C14H14FN3O2S. The first-order valence-corrected chi connectivity index (χ1v) is 7.03. The van der Waals surface area contributed by atoms with Crippen LogP contribution in [0, 0.1) is 12.7 Å². The topological polar surface area (TPSA) is 85.1 Å². The third-order valence-corrected chi connectivity index (χ3v) is 4.07. The van der Waals surface area contributed by atoms with Gasteiger partial charge in [-0.25, -0.2) is 9.37 Å². The van der Waals surface area contributed by atoms with E-state index in [0.717, 1.165) is 5.56 Å². The van der Waals surface area contributed by atoms with Gasteiger partial charge < -0.3 is 11.1 Å². The molecule has 1 aromatic carbocycles. The Hall–Kier alpha value is -2.28. The molecule has 0 aliphatic rings. The summed E-state index contributed by atoms with van der Waals surface area (Å²) in [6.45, 7) is 3.21. The molecular weight excluding hydrogens is 293 g/mol. The van der Waals surface area contributed by atoms with E-state index in [2.05, 4.69) is 10.3 Å². The maximum Gasteiger partial charge on any atom is 0.263 e. The summed E-state index contributed by atoms with van der Waals surface area (Å²) in [5.41, 5.74) is 6.39. The molecule has 0 aliphatic carbocycles. The van der Waals surface area contributed by atoms with Crippen LogP contribution in [0.25, 0.3) is 10.6 Å². The molecule has 2 rings (SSSR count). The quantitative estimate of drug-likeness (QED) is 0.904. The zero-order valence-corrected chi connectivity index (χ0v) is 12.3. The smallest absolute Gasteiger partial charge is 0.263 e. The highest BCUT2D eigenvalue weighted by Gasteiger charge is 2.19. The Morgan fingerprint density at radius 3 is 2.52 bits per heavy atom. The molecule has 3 N–H and O–H groups in total. The van der Waals surface area contributed by atoms with Crippen molar-refractivity contribution >= 4 is 23.2 Å². The van der Waals surface area contributed by atoms with Crippen molar-refractivity contribution in [1.29, 1.82) is 0 Å². The van der Waals surface area contributed by atoms with Gasteiger partial charge >= 0.3 is 0 Å². The second-order valence-corrected chi connectivity index (χ2v) is 5.54. The Labute approximate surface area is 125 Å². The lowest BCUT2D eigenvalue weighted by Gasteiger charge is -2.08. The van der Waals surface area contributed by atoms with Crippen molar-refractivity contribution in [2.75, 3.05) is 0 Å². The molecule has 2 aromatic rings. The van der Waals surface area contributed by atoms with Gasteiger partial charge in [0.2, 0.25) is 5.91 Å². The normalized spacial score (nSPS) is 12.0. The van der Waals surface area contributed by atoms with Crippen molar-refractivity contribution in [3.63, 3.8) is 0 Å². The van der Waals surface area contributed by atoms with Gasteiger partial charge in [0, 0.05) is 5.56 Å². The lowest BCUT2D eigenvalue weighted by Crippen LogP contribution is -2.42. The molecule has 0 saturated carbocycles. The highest BCUT2D eigenvalue weighted by molar-refractivity contribution is 7.17. The van der Waals surface area contributed by atoms with Gasteiger partial charge in [0.05, 0.1) is 5.69 Å². The molecule has 1 atom stereocenters. The number of primary amides is 1. The van der Waals surface area contributed by atoms with Crippen molar-refractivity contribution in [2.45, 2.75) is 19.9 Å². The fraction of sp³-hybridized carbons (Fsp3) is 0.214. The molecule has 7 heteroatoms. The molecule has 0 saturated heterocycles. The minimum Gasteiger partial charge on any atom is -0.368 e. The van der Waals surface area contributed by atoms with Crippen LogP contribution < -0.4 is 11.1 Å². The fourth-order valence-electron chi connectivity index (χ4n) is 1.66.